The molecule has 0 saturated carbocycles. The number of fused-ring (bicyclic) bond motifs is 2. The van der Waals surface area contributed by atoms with Gasteiger partial charge >= 0.3 is 0 Å². The first kappa shape index (κ1) is 19.3. The van der Waals surface area contributed by atoms with Crippen LogP contribution in [0.3, 0.4) is 0 Å². The van der Waals surface area contributed by atoms with Crippen LogP contribution >= 0.6 is 11.3 Å². The third kappa shape index (κ3) is 2.70. The number of rotatable bonds is 3. The zero-order chi connectivity index (χ0) is 21.9. The van der Waals surface area contributed by atoms with Crippen LogP contribution in [-0.4, -0.2) is 25.0 Å². The van der Waals surface area contributed by atoms with Gasteiger partial charge in [0.25, 0.3) is 0 Å². The molecule has 1 unspecified atom stereocenters. The number of H-pyrrole nitrogens is 1. The Morgan fingerprint density at radius 3 is 2.78 bits per heavy atom. The maximum Gasteiger partial charge on any atom is 0.137 e. The molecule has 0 spiro atoms. The van der Waals surface area contributed by atoms with Gasteiger partial charge in [-0.25, -0.2) is 9.97 Å². The smallest absolute Gasteiger partial charge is 0.137 e. The molecule has 2 N–H and O–H groups in total. The quantitative estimate of drug-likeness (QED) is 0.386. The standard InChI is InChI=1S/C26H22N4OS/c1-25(2)13-17-7-4-10-27-22(17)26(25,31)18-8-3-6-16(12-18)21-15-32-24(30-21)20-14-29-23-19(20)9-5-11-28-23/h3-12,14-15,31H,13H2,1-2H3,(H,28,29). The SMILES string of the molecule is CC1(C)Cc2cccnc2C1(O)c1cccc(-c2csc(-c3c[nH]c4ncccc34)n2)c1. The van der Waals surface area contributed by atoms with Crippen molar-refractivity contribution >= 4 is 22.4 Å². The van der Waals surface area contributed by atoms with Crippen LogP contribution in [0.25, 0.3) is 32.9 Å². The van der Waals surface area contributed by atoms with Gasteiger partial charge in [-0.2, -0.15) is 0 Å². The topological polar surface area (TPSA) is 74.7 Å². The Bertz CT molecular complexity index is 1470. The summed E-state index contributed by atoms with van der Waals surface area (Å²) in [5, 5.41) is 16.1. The summed E-state index contributed by atoms with van der Waals surface area (Å²) in [7, 11) is 0. The molecule has 1 atom stereocenters. The van der Waals surface area contributed by atoms with E-state index in [0.29, 0.717) is 0 Å². The van der Waals surface area contributed by atoms with E-state index in [2.05, 4.69) is 52.4 Å². The number of pyridine rings is 2. The second-order valence-corrected chi connectivity index (χ2v) is 9.86. The number of thiazole rings is 1. The summed E-state index contributed by atoms with van der Waals surface area (Å²) < 4.78 is 0. The Labute approximate surface area is 189 Å². The number of aromatic nitrogens is 4. The number of hydrogen-bond donors (Lipinski definition) is 2. The van der Waals surface area contributed by atoms with Crippen molar-refractivity contribution in [2.45, 2.75) is 25.9 Å². The van der Waals surface area contributed by atoms with Crippen LogP contribution in [0.15, 0.2) is 72.5 Å². The van der Waals surface area contributed by atoms with E-state index in [-0.39, 0.29) is 5.41 Å². The van der Waals surface area contributed by atoms with Crippen molar-refractivity contribution in [2.24, 2.45) is 5.41 Å². The van der Waals surface area contributed by atoms with Gasteiger partial charge < -0.3 is 10.1 Å². The van der Waals surface area contributed by atoms with E-state index in [1.54, 1.807) is 23.7 Å². The van der Waals surface area contributed by atoms with E-state index in [9.17, 15) is 5.11 Å². The highest BCUT2D eigenvalue weighted by Gasteiger charge is 2.53. The predicted octanol–water partition coefficient (Wildman–Crippen LogP) is 5.57. The van der Waals surface area contributed by atoms with Crippen molar-refractivity contribution in [3.05, 3.63) is 89.3 Å². The number of aliphatic hydroxyl groups is 1. The summed E-state index contributed by atoms with van der Waals surface area (Å²) in [5.41, 5.74) is 4.98. The highest BCUT2D eigenvalue weighted by Crippen LogP contribution is 2.53. The highest BCUT2D eigenvalue weighted by atomic mass is 32.1. The minimum Gasteiger partial charge on any atom is -0.378 e. The van der Waals surface area contributed by atoms with E-state index in [1.807, 2.05) is 36.5 Å². The molecular weight excluding hydrogens is 416 g/mol. The third-order valence-corrected chi connectivity index (χ3v) is 7.48. The average Bonchev–Trinajstić information content (AvgIpc) is 3.50. The van der Waals surface area contributed by atoms with Gasteiger partial charge in [0.15, 0.2) is 0 Å². The Balaban J connectivity index is 1.43. The molecule has 4 aromatic heterocycles. The summed E-state index contributed by atoms with van der Waals surface area (Å²) in [6.45, 7) is 4.21. The van der Waals surface area contributed by atoms with Crippen molar-refractivity contribution in [1.29, 1.82) is 0 Å². The number of benzene rings is 1. The molecule has 1 aliphatic carbocycles. The molecule has 32 heavy (non-hydrogen) atoms. The zero-order valence-electron chi connectivity index (χ0n) is 17.8. The molecule has 1 aliphatic rings. The number of nitrogens with one attached hydrogen (secondary N) is 1. The van der Waals surface area contributed by atoms with E-state index >= 15 is 0 Å². The molecule has 0 amide bonds. The normalized spacial score (nSPS) is 19.3. The van der Waals surface area contributed by atoms with Crippen molar-refractivity contribution in [1.82, 2.24) is 19.9 Å². The Hall–Kier alpha value is -3.35. The molecule has 5 nitrogen and oxygen atoms in total. The number of aromatic amines is 1. The summed E-state index contributed by atoms with van der Waals surface area (Å²) in [4.78, 5) is 17.1. The summed E-state index contributed by atoms with van der Waals surface area (Å²) in [6, 6.07) is 16.1. The molecule has 5 aromatic rings. The van der Waals surface area contributed by atoms with Crippen LogP contribution in [0, 0.1) is 5.41 Å². The second-order valence-electron chi connectivity index (χ2n) is 9.00. The number of nitrogens with zero attached hydrogens (tertiary/aromatic N) is 3. The molecule has 6 heteroatoms. The summed E-state index contributed by atoms with van der Waals surface area (Å²) >= 11 is 1.61. The van der Waals surface area contributed by atoms with Gasteiger partial charge in [-0.15, -0.1) is 11.3 Å². The molecule has 1 aromatic carbocycles. The van der Waals surface area contributed by atoms with Crippen molar-refractivity contribution in [3.8, 4) is 21.8 Å². The van der Waals surface area contributed by atoms with Crippen LogP contribution in [0.2, 0.25) is 0 Å². The average molecular weight is 439 g/mol. The molecule has 6 rings (SSSR count). The highest BCUT2D eigenvalue weighted by molar-refractivity contribution is 7.13. The lowest BCUT2D eigenvalue weighted by atomic mass is 9.72. The lowest BCUT2D eigenvalue weighted by molar-refractivity contribution is -0.0240. The minimum absolute atomic E-state index is 0.368. The van der Waals surface area contributed by atoms with Crippen LogP contribution in [0.4, 0.5) is 0 Å². The molecule has 4 heterocycles. The van der Waals surface area contributed by atoms with Crippen LogP contribution in [-0.2, 0) is 12.0 Å². The van der Waals surface area contributed by atoms with Crippen molar-refractivity contribution < 1.29 is 5.11 Å². The fourth-order valence-corrected chi connectivity index (χ4v) is 5.78. The van der Waals surface area contributed by atoms with E-state index in [4.69, 9.17) is 4.98 Å². The predicted molar refractivity (Wildman–Crippen MR) is 127 cm³/mol. The maximum atomic E-state index is 12.0. The lowest BCUT2D eigenvalue weighted by Gasteiger charge is -2.37. The maximum absolute atomic E-state index is 12.0. The monoisotopic (exact) mass is 438 g/mol. The van der Waals surface area contributed by atoms with Crippen LogP contribution < -0.4 is 0 Å². The molecule has 158 valence electrons. The van der Waals surface area contributed by atoms with Crippen molar-refractivity contribution in [2.75, 3.05) is 0 Å². The van der Waals surface area contributed by atoms with E-state index < -0.39 is 5.60 Å². The Morgan fingerprint density at radius 1 is 1.03 bits per heavy atom. The first-order chi connectivity index (χ1) is 15.5. The third-order valence-electron chi connectivity index (χ3n) is 6.61. The lowest BCUT2D eigenvalue weighted by Crippen LogP contribution is -2.40. The Kier molecular flexibility index (Phi) is 4.12. The largest absolute Gasteiger partial charge is 0.378 e. The second kappa shape index (κ2) is 6.82. The van der Waals surface area contributed by atoms with Gasteiger partial charge in [-0.05, 0) is 41.8 Å². The van der Waals surface area contributed by atoms with Gasteiger partial charge in [0.1, 0.15) is 16.3 Å². The van der Waals surface area contributed by atoms with Gasteiger partial charge in [-0.3, -0.25) is 4.98 Å². The van der Waals surface area contributed by atoms with Crippen LogP contribution in [0.5, 0.6) is 0 Å². The Morgan fingerprint density at radius 2 is 1.88 bits per heavy atom. The molecular formula is C26H22N4OS. The molecule has 0 bridgehead atoms. The minimum atomic E-state index is -1.15. The molecule has 0 fully saturated rings. The van der Waals surface area contributed by atoms with Crippen LogP contribution in [0.1, 0.15) is 30.7 Å². The fourth-order valence-electron chi connectivity index (χ4n) is 4.93. The first-order valence-corrected chi connectivity index (χ1v) is 11.5. The fraction of sp³-hybridized carbons (Fsp3) is 0.192. The number of hydrogen-bond acceptors (Lipinski definition) is 5. The molecule has 0 aliphatic heterocycles. The van der Waals surface area contributed by atoms with E-state index in [0.717, 1.165) is 56.1 Å². The summed E-state index contributed by atoms with van der Waals surface area (Å²) in [6.07, 6.45) is 6.29. The van der Waals surface area contributed by atoms with Crippen molar-refractivity contribution in [3.63, 3.8) is 0 Å². The first-order valence-electron chi connectivity index (χ1n) is 10.6. The van der Waals surface area contributed by atoms with Gasteiger partial charge in [0, 0.05) is 45.9 Å². The molecule has 0 saturated heterocycles. The van der Waals surface area contributed by atoms with Gasteiger partial charge in [0.05, 0.1) is 11.4 Å². The van der Waals surface area contributed by atoms with E-state index in [1.165, 1.54) is 0 Å². The van der Waals surface area contributed by atoms with Gasteiger partial charge in [-0.1, -0.05) is 38.1 Å². The zero-order valence-corrected chi connectivity index (χ0v) is 18.6. The summed E-state index contributed by atoms with van der Waals surface area (Å²) in [5.74, 6) is 0. The molecule has 0 radical (unpaired) electrons. The van der Waals surface area contributed by atoms with Gasteiger partial charge in [0.2, 0.25) is 0 Å².